The molecule has 1 unspecified atom stereocenters. The summed E-state index contributed by atoms with van der Waals surface area (Å²) in [6.45, 7) is 2.35. The Morgan fingerprint density at radius 1 is 1.39 bits per heavy atom. The normalized spacial score (nSPS) is 17.7. The first-order valence-electron chi connectivity index (χ1n) is 8.04. The number of carbonyl (C=O) groups is 1. The zero-order chi connectivity index (χ0) is 15.9. The van der Waals surface area contributed by atoms with Crippen molar-refractivity contribution in [1.29, 1.82) is 0 Å². The van der Waals surface area contributed by atoms with E-state index >= 15 is 0 Å². The SMILES string of the molecule is O=C(NCCC1CCCOC1)Nc1cccc(-n2cccn2)c1. The number of amides is 2. The van der Waals surface area contributed by atoms with Gasteiger partial charge < -0.3 is 15.4 Å². The number of carbonyl (C=O) groups excluding carboxylic acids is 1. The lowest BCUT2D eigenvalue weighted by Crippen LogP contribution is -2.31. The molecule has 0 radical (unpaired) electrons. The van der Waals surface area contributed by atoms with Crippen molar-refractivity contribution in [2.24, 2.45) is 5.92 Å². The topological polar surface area (TPSA) is 68.2 Å². The van der Waals surface area contributed by atoms with Gasteiger partial charge in [0.1, 0.15) is 0 Å². The van der Waals surface area contributed by atoms with E-state index in [4.69, 9.17) is 4.74 Å². The second-order valence-electron chi connectivity index (χ2n) is 5.75. The van der Waals surface area contributed by atoms with Crippen LogP contribution in [0.25, 0.3) is 5.69 Å². The van der Waals surface area contributed by atoms with Crippen LogP contribution in [0.3, 0.4) is 0 Å². The predicted molar refractivity (Wildman–Crippen MR) is 88.7 cm³/mol. The quantitative estimate of drug-likeness (QED) is 0.891. The molecule has 6 heteroatoms. The molecule has 23 heavy (non-hydrogen) atoms. The van der Waals surface area contributed by atoms with Gasteiger partial charge in [-0.2, -0.15) is 5.10 Å². The molecule has 2 heterocycles. The van der Waals surface area contributed by atoms with Gasteiger partial charge in [-0.1, -0.05) is 6.07 Å². The molecular formula is C17H22N4O2. The second-order valence-corrected chi connectivity index (χ2v) is 5.75. The number of urea groups is 1. The van der Waals surface area contributed by atoms with Gasteiger partial charge >= 0.3 is 6.03 Å². The molecule has 122 valence electrons. The number of aromatic nitrogens is 2. The number of hydrogen-bond acceptors (Lipinski definition) is 3. The summed E-state index contributed by atoms with van der Waals surface area (Å²) >= 11 is 0. The third-order valence-electron chi connectivity index (χ3n) is 3.97. The van der Waals surface area contributed by atoms with Crippen LogP contribution in [0.5, 0.6) is 0 Å². The zero-order valence-corrected chi connectivity index (χ0v) is 13.1. The Morgan fingerprint density at radius 2 is 2.35 bits per heavy atom. The molecule has 3 rings (SSSR count). The minimum Gasteiger partial charge on any atom is -0.381 e. The fourth-order valence-corrected chi connectivity index (χ4v) is 2.75. The minimum atomic E-state index is -0.181. The number of ether oxygens (including phenoxy) is 1. The summed E-state index contributed by atoms with van der Waals surface area (Å²) < 4.78 is 7.20. The van der Waals surface area contributed by atoms with Crippen molar-refractivity contribution in [2.75, 3.05) is 25.1 Å². The number of benzene rings is 1. The third-order valence-corrected chi connectivity index (χ3v) is 3.97. The summed E-state index contributed by atoms with van der Waals surface area (Å²) in [6.07, 6.45) is 6.86. The smallest absolute Gasteiger partial charge is 0.319 e. The Morgan fingerprint density at radius 3 is 3.13 bits per heavy atom. The number of nitrogens with zero attached hydrogens (tertiary/aromatic N) is 2. The lowest BCUT2D eigenvalue weighted by Gasteiger charge is -2.21. The van der Waals surface area contributed by atoms with Crippen LogP contribution >= 0.6 is 0 Å². The number of anilines is 1. The van der Waals surface area contributed by atoms with Crippen LogP contribution in [0.1, 0.15) is 19.3 Å². The van der Waals surface area contributed by atoms with Crippen molar-refractivity contribution in [3.05, 3.63) is 42.7 Å². The van der Waals surface area contributed by atoms with Crippen LogP contribution in [0.15, 0.2) is 42.7 Å². The van der Waals surface area contributed by atoms with Crippen molar-refractivity contribution < 1.29 is 9.53 Å². The van der Waals surface area contributed by atoms with Gasteiger partial charge in [-0.3, -0.25) is 0 Å². The van der Waals surface area contributed by atoms with E-state index in [-0.39, 0.29) is 6.03 Å². The Labute approximate surface area is 135 Å². The molecule has 2 aromatic rings. The Balaban J connectivity index is 1.47. The predicted octanol–water partition coefficient (Wildman–Crippen LogP) is 2.81. The standard InChI is InChI=1S/C17H22N4O2/c22-17(18-9-7-14-4-2-11-23-13-14)20-15-5-1-6-16(12-15)21-10-3-8-19-21/h1,3,5-6,8,10,12,14H,2,4,7,9,11,13H2,(H2,18,20,22). The number of hydrogen-bond donors (Lipinski definition) is 2. The molecule has 1 saturated heterocycles. The van der Waals surface area contributed by atoms with Crippen LogP contribution in [0.4, 0.5) is 10.5 Å². The monoisotopic (exact) mass is 314 g/mol. The fraction of sp³-hybridized carbons (Fsp3) is 0.412. The molecule has 0 spiro atoms. The second kappa shape index (κ2) is 7.78. The van der Waals surface area contributed by atoms with Crippen LogP contribution in [-0.2, 0) is 4.74 Å². The minimum absolute atomic E-state index is 0.181. The van der Waals surface area contributed by atoms with Gasteiger partial charge in [-0.25, -0.2) is 9.48 Å². The van der Waals surface area contributed by atoms with E-state index in [9.17, 15) is 4.79 Å². The van der Waals surface area contributed by atoms with Gasteiger partial charge in [0, 0.05) is 37.8 Å². The molecule has 1 aromatic heterocycles. The van der Waals surface area contributed by atoms with Crippen LogP contribution in [0.2, 0.25) is 0 Å². The van der Waals surface area contributed by atoms with Crippen LogP contribution < -0.4 is 10.6 Å². The van der Waals surface area contributed by atoms with Gasteiger partial charge in [0.2, 0.25) is 0 Å². The largest absolute Gasteiger partial charge is 0.381 e. The summed E-state index contributed by atoms with van der Waals surface area (Å²) in [5, 5.41) is 9.95. The third kappa shape index (κ3) is 4.56. The molecule has 1 aromatic carbocycles. The molecule has 2 amide bonds. The number of nitrogens with one attached hydrogen (secondary N) is 2. The fourth-order valence-electron chi connectivity index (χ4n) is 2.75. The van der Waals surface area contributed by atoms with Crippen LogP contribution in [0, 0.1) is 5.92 Å². The van der Waals surface area contributed by atoms with Crippen molar-refractivity contribution in [3.63, 3.8) is 0 Å². The van der Waals surface area contributed by atoms with E-state index in [1.807, 2.05) is 36.5 Å². The molecule has 0 bridgehead atoms. The highest BCUT2D eigenvalue weighted by atomic mass is 16.5. The first-order valence-corrected chi connectivity index (χ1v) is 8.04. The highest BCUT2D eigenvalue weighted by Gasteiger charge is 2.13. The van der Waals surface area contributed by atoms with E-state index in [0.717, 1.165) is 37.4 Å². The lowest BCUT2D eigenvalue weighted by atomic mass is 9.99. The maximum atomic E-state index is 12.0. The van der Waals surface area contributed by atoms with Crippen molar-refractivity contribution in [1.82, 2.24) is 15.1 Å². The summed E-state index contributed by atoms with van der Waals surface area (Å²) in [5.41, 5.74) is 1.66. The summed E-state index contributed by atoms with van der Waals surface area (Å²) in [6, 6.07) is 9.27. The maximum Gasteiger partial charge on any atom is 0.319 e. The summed E-state index contributed by atoms with van der Waals surface area (Å²) in [4.78, 5) is 12.0. The van der Waals surface area contributed by atoms with Gasteiger partial charge in [0.25, 0.3) is 0 Å². The Kier molecular flexibility index (Phi) is 5.26. The zero-order valence-electron chi connectivity index (χ0n) is 13.1. The summed E-state index contributed by atoms with van der Waals surface area (Å²) in [7, 11) is 0. The molecule has 1 aliphatic heterocycles. The van der Waals surface area contributed by atoms with Gasteiger partial charge in [0.05, 0.1) is 5.69 Å². The van der Waals surface area contributed by atoms with Gasteiger partial charge in [-0.05, 0) is 49.4 Å². The molecule has 1 fully saturated rings. The molecule has 2 N–H and O–H groups in total. The molecule has 0 saturated carbocycles. The molecule has 0 aliphatic carbocycles. The average Bonchev–Trinajstić information content (AvgIpc) is 3.11. The first kappa shape index (κ1) is 15.6. The highest BCUT2D eigenvalue weighted by Crippen LogP contribution is 2.16. The Bertz CT molecular complexity index is 621. The van der Waals surface area contributed by atoms with Crippen molar-refractivity contribution >= 4 is 11.7 Å². The number of rotatable bonds is 5. The molecule has 1 aliphatic rings. The average molecular weight is 314 g/mol. The highest BCUT2D eigenvalue weighted by molar-refractivity contribution is 5.89. The van der Waals surface area contributed by atoms with E-state index in [1.54, 1.807) is 10.9 Å². The molecular weight excluding hydrogens is 292 g/mol. The van der Waals surface area contributed by atoms with Gasteiger partial charge in [-0.15, -0.1) is 0 Å². The van der Waals surface area contributed by atoms with E-state index in [0.29, 0.717) is 12.5 Å². The summed E-state index contributed by atoms with van der Waals surface area (Å²) in [5.74, 6) is 0.562. The lowest BCUT2D eigenvalue weighted by molar-refractivity contribution is 0.0520. The molecule has 6 nitrogen and oxygen atoms in total. The van der Waals surface area contributed by atoms with Crippen LogP contribution in [-0.4, -0.2) is 35.6 Å². The maximum absolute atomic E-state index is 12.0. The van der Waals surface area contributed by atoms with E-state index < -0.39 is 0 Å². The Hall–Kier alpha value is -2.34. The van der Waals surface area contributed by atoms with Crippen molar-refractivity contribution in [2.45, 2.75) is 19.3 Å². The molecule has 1 atom stereocenters. The first-order chi connectivity index (χ1) is 11.3. The van der Waals surface area contributed by atoms with E-state index in [1.165, 1.54) is 6.42 Å². The van der Waals surface area contributed by atoms with Crippen molar-refractivity contribution in [3.8, 4) is 5.69 Å². The van der Waals surface area contributed by atoms with Gasteiger partial charge in [0.15, 0.2) is 0 Å². The van der Waals surface area contributed by atoms with E-state index in [2.05, 4.69) is 15.7 Å².